The number of hydrogen-bond acceptors (Lipinski definition) is 2. The lowest BCUT2D eigenvalue weighted by Gasteiger charge is -2.04. The highest BCUT2D eigenvalue weighted by atomic mass is 35.5. The number of aromatic amines is 1. The molecule has 4 nitrogen and oxygen atoms in total. The van der Waals surface area contributed by atoms with Crippen LogP contribution in [0.2, 0.25) is 5.02 Å². The zero-order chi connectivity index (χ0) is 11.1. The van der Waals surface area contributed by atoms with E-state index in [0.717, 1.165) is 23.7 Å². The summed E-state index contributed by atoms with van der Waals surface area (Å²) in [7, 11) is 0. The van der Waals surface area contributed by atoms with Gasteiger partial charge in [-0.1, -0.05) is 11.6 Å². The molecule has 0 aromatic carbocycles. The summed E-state index contributed by atoms with van der Waals surface area (Å²) in [6, 6.07) is 1.83. The fourth-order valence-corrected chi connectivity index (χ4v) is 1.94. The first-order valence-electron chi connectivity index (χ1n) is 5.18. The van der Waals surface area contributed by atoms with Crippen molar-refractivity contribution < 1.29 is 4.79 Å². The van der Waals surface area contributed by atoms with Crippen LogP contribution >= 0.6 is 11.6 Å². The van der Waals surface area contributed by atoms with E-state index in [2.05, 4.69) is 15.3 Å². The number of H-pyrrole nitrogens is 1. The summed E-state index contributed by atoms with van der Waals surface area (Å²) in [4.78, 5) is 18.8. The molecule has 0 unspecified atom stereocenters. The standard InChI is InChI=1S/C11H10ClN3O/c12-7-5-14-8-3-4-13-10(9(7)8)15-11(16)6-1-2-6/h3-6,14H,1-2H2,(H,13,15,16). The van der Waals surface area contributed by atoms with E-state index in [0.29, 0.717) is 10.8 Å². The van der Waals surface area contributed by atoms with Gasteiger partial charge in [0.2, 0.25) is 5.91 Å². The number of aromatic nitrogens is 2. The minimum atomic E-state index is 0.0391. The van der Waals surface area contributed by atoms with Gasteiger partial charge < -0.3 is 10.3 Å². The Labute approximate surface area is 97.0 Å². The number of amides is 1. The van der Waals surface area contributed by atoms with E-state index in [4.69, 9.17) is 11.6 Å². The molecular weight excluding hydrogens is 226 g/mol. The fraction of sp³-hybridized carbons (Fsp3) is 0.273. The summed E-state index contributed by atoms with van der Waals surface area (Å²) in [5.41, 5.74) is 0.881. The molecule has 16 heavy (non-hydrogen) atoms. The third-order valence-corrected chi connectivity index (χ3v) is 3.03. The normalized spacial score (nSPS) is 15.3. The SMILES string of the molecule is O=C(Nc1nccc2[nH]cc(Cl)c12)C1CC1. The lowest BCUT2D eigenvalue weighted by atomic mass is 10.3. The molecule has 0 spiro atoms. The van der Waals surface area contributed by atoms with Crippen LogP contribution in [0.25, 0.3) is 10.9 Å². The van der Waals surface area contributed by atoms with E-state index in [-0.39, 0.29) is 11.8 Å². The van der Waals surface area contributed by atoms with Crippen LogP contribution in [0, 0.1) is 5.92 Å². The number of carbonyl (C=O) groups excluding carboxylic acids is 1. The van der Waals surface area contributed by atoms with Crippen LogP contribution < -0.4 is 5.32 Å². The molecule has 3 rings (SSSR count). The van der Waals surface area contributed by atoms with E-state index in [1.807, 2.05) is 6.07 Å². The second-order valence-electron chi connectivity index (χ2n) is 3.98. The summed E-state index contributed by atoms with van der Waals surface area (Å²) in [6.07, 6.45) is 5.30. The van der Waals surface area contributed by atoms with Gasteiger partial charge in [-0.25, -0.2) is 4.98 Å². The highest BCUT2D eigenvalue weighted by Crippen LogP contribution is 2.32. The minimum Gasteiger partial charge on any atom is -0.360 e. The van der Waals surface area contributed by atoms with E-state index in [9.17, 15) is 4.79 Å². The average molecular weight is 236 g/mol. The van der Waals surface area contributed by atoms with Gasteiger partial charge in [-0.3, -0.25) is 4.79 Å². The Kier molecular flexibility index (Phi) is 2.11. The van der Waals surface area contributed by atoms with Crippen molar-refractivity contribution in [2.24, 2.45) is 5.92 Å². The maximum absolute atomic E-state index is 11.6. The molecular formula is C11H10ClN3O. The number of anilines is 1. The van der Waals surface area contributed by atoms with Crippen molar-refractivity contribution in [1.82, 2.24) is 9.97 Å². The molecule has 1 aliphatic carbocycles. The van der Waals surface area contributed by atoms with Gasteiger partial charge in [0.25, 0.3) is 0 Å². The quantitative estimate of drug-likeness (QED) is 0.841. The number of nitrogens with one attached hydrogen (secondary N) is 2. The van der Waals surface area contributed by atoms with E-state index in [1.165, 1.54) is 0 Å². The topological polar surface area (TPSA) is 57.8 Å². The van der Waals surface area contributed by atoms with Gasteiger partial charge in [-0.05, 0) is 18.9 Å². The number of rotatable bonds is 2. The second-order valence-corrected chi connectivity index (χ2v) is 4.39. The van der Waals surface area contributed by atoms with Crippen molar-refractivity contribution in [3.8, 4) is 0 Å². The highest BCUT2D eigenvalue weighted by molar-refractivity contribution is 6.36. The first kappa shape index (κ1) is 9.66. The van der Waals surface area contributed by atoms with Gasteiger partial charge >= 0.3 is 0 Å². The number of fused-ring (bicyclic) bond motifs is 1. The number of hydrogen-bond donors (Lipinski definition) is 2. The molecule has 1 fully saturated rings. The zero-order valence-electron chi connectivity index (χ0n) is 8.46. The van der Waals surface area contributed by atoms with Crippen LogP contribution in [0.1, 0.15) is 12.8 Å². The van der Waals surface area contributed by atoms with Crippen molar-refractivity contribution in [1.29, 1.82) is 0 Å². The largest absolute Gasteiger partial charge is 0.360 e. The Balaban J connectivity index is 2.01. The number of nitrogens with zero attached hydrogens (tertiary/aromatic N) is 1. The van der Waals surface area contributed by atoms with E-state index < -0.39 is 0 Å². The Bertz CT molecular complexity index is 559. The molecule has 0 aliphatic heterocycles. The first-order valence-corrected chi connectivity index (χ1v) is 5.56. The Morgan fingerprint density at radius 3 is 3.12 bits per heavy atom. The van der Waals surface area contributed by atoms with Crippen molar-refractivity contribution >= 4 is 34.2 Å². The second kappa shape index (κ2) is 3.49. The molecule has 2 heterocycles. The van der Waals surface area contributed by atoms with Crippen LogP contribution in [-0.4, -0.2) is 15.9 Å². The summed E-state index contributed by atoms with van der Waals surface area (Å²) in [5, 5.41) is 4.17. The molecule has 0 atom stereocenters. The van der Waals surface area contributed by atoms with Gasteiger partial charge in [-0.15, -0.1) is 0 Å². The maximum atomic E-state index is 11.6. The van der Waals surface area contributed by atoms with Crippen LogP contribution in [0.3, 0.4) is 0 Å². The average Bonchev–Trinajstić information content (AvgIpc) is 3.05. The van der Waals surface area contributed by atoms with E-state index in [1.54, 1.807) is 12.4 Å². The predicted octanol–water partition coefficient (Wildman–Crippen LogP) is 2.56. The van der Waals surface area contributed by atoms with Crippen molar-refractivity contribution in [3.63, 3.8) is 0 Å². The molecule has 0 bridgehead atoms. The fourth-order valence-electron chi connectivity index (χ4n) is 1.70. The van der Waals surface area contributed by atoms with Crippen molar-refractivity contribution in [3.05, 3.63) is 23.5 Å². The Morgan fingerprint density at radius 1 is 1.56 bits per heavy atom. The van der Waals surface area contributed by atoms with Gasteiger partial charge in [-0.2, -0.15) is 0 Å². The lowest BCUT2D eigenvalue weighted by Crippen LogP contribution is -2.14. The lowest BCUT2D eigenvalue weighted by molar-refractivity contribution is -0.117. The molecule has 2 N–H and O–H groups in total. The first-order chi connectivity index (χ1) is 7.75. The number of carbonyl (C=O) groups is 1. The number of halogens is 1. The van der Waals surface area contributed by atoms with Gasteiger partial charge in [0, 0.05) is 18.3 Å². The van der Waals surface area contributed by atoms with Crippen LogP contribution in [0.15, 0.2) is 18.5 Å². The van der Waals surface area contributed by atoms with Gasteiger partial charge in [0.1, 0.15) is 5.82 Å². The third kappa shape index (κ3) is 1.55. The molecule has 82 valence electrons. The molecule has 2 aromatic rings. The van der Waals surface area contributed by atoms with Gasteiger partial charge in [0.05, 0.1) is 15.9 Å². The maximum Gasteiger partial charge on any atom is 0.228 e. The Morgan fingerprint density at radius 2 is 2.38 bits per heavy atom. The van der Waals surface area contributed by atoms with E-state index >= 15 is 0 Å². The summed E-state index contributed by atoms with van der Waals surface area (Å²) >= 11 is 6.03. The van der Waals surface area contributed by atoms with Crippen LogP contribution in [-0.2, 0) is 4.79 Å². The van der Waals surface area contributed by atoms with Crippen molar-refractivity contribution in [2.75, 3.05) is 5.32 Å². The summed E-state index contributed by atoms with van der Waals surface area (Å²) in [5.74, 6) is 0.743. The predicted molar refractivity (Wildman–Crippen MR) is 62.5 cm³/mol. The smallest absolute Gasteiger partial charge is 0.228 e. The molecule has 0 saturated heterocycles. The van der Waals surface area contributed by atoms with Gasteiger partial charge in [0.15, 0.2) is 0 Å². The molecule has 0 radical (unpaired) electrons. The third-order valence-electron chi connectivity index (χ3n) is 2.73. The zero-order valence-corrected chi connectivity index (χ0v) is 9.21. The molecule has 1 aliphatic rings. The van der Waals surface area contributed by atoms with Crippen molar-refractivity contribution in [2.45, 2.75) is 12.8 Å². The minimum absolute atomic E-state index is 0.0391. The van der Waals surface area contributed by atoms with Crippen LogP contribution in [0.4, 0.5) is 5.82 Å². The highest BCUT2D eigenvalue weighted by Gasteiger charge is 2.30. The molecule has 5 heteroatoms. The Hall–Kier alpha value is -1.55. The molecule has 1 saturated carbocycles. The molecule has 2 aromatic heterocycles. The summed E-state index contributed by atoms with van der Waals surface area (Å²) in [6.45, 7) is 0. The monoisotopic (exact) mass is 235 g/mol. The summed E-state index contributed by atoms with van der Waals surface area (Å²) < 4.78 is 0. The van der Waals surface area contributed by atoms with Crippen LogP contribution in [0.5, 0.6) is 0 Å². The number of pyridine rings is 1. The molecule has 1 amide bonds.